The van der Waals surface area contributed by atoms with Gasteiger partial charge in [-0.05, 0) is 54.7 Å². The van der Waals surface area contributed by atoms with Gasteiger partial charge in [0.05, 0.1) is 18.1 Å². The van der Waals surface area contributed by atoms with Crippen LogP contribution in [-0.2, 0) is 37.3 Å². The number of piperidine rings is 1. The molecule has 34 heavy (non-hydrogen) atoms. The SMILES string of the molecule is O=C(CCc1ccc(S(=O)(=O)N2CCOCC2)cc1)NCc1cccc(N2CCCCC2=O)c1. The summed E-state index contributed by atoms with van der Waals surface area (Å²) < 4.78 is 32.1. The fraction of sp³-hybridized carbons (Fsp3) is 0.440. The lowest BCUT2D eigenvalue weighted by molar-refractivity contribution is -0.121. The Hall–Kier alpha value is -2.75. The van der Waals surface area contributed by atoms with E-state index >= 15 is 0 Å². The van der Waals surface area contributed by atoms with Gasteiger partial charge in [-0.15, -0.1) is 0 Å². The molecule has 2 aliphatic heterocycles. The largest absolute Gasteiger partial charge is 0.379 e. The Balaban J connectivity index is 1.27. The van der Waals surface area contributed by atoms with E-state index < -0.39 is 10.0 Å². The molecule has 0 bridgehead atoms. The molecule has 0 atom stereocenters. The van der Waals surface area contributed by atoms with Crippen molar-refractivity contribution in [2.24, 2.45) is 0 Å². The Morgan fingerprint density at radius 2 is 1.74 bits per heavy atom. The summed E-state index contributed by atoms with van der Waals surface area (Å²) >= 11 is 0. The van der Waals surface area contributed by atoms with Crippen LogP contribution in [0.2, 0.25) is 0 Å². The van der Waals surface area contributed by atoms with Crippen molar-refractivity contribution < 1.29 is 22.7 Å². The molecule has 0 saturated carbocycles. The van der Waals surface area contributed by atoms with E-state index in [-0.39, 0.29) is 16.7 Å². The number of rotatable bonds is 8. The van der Waals surface area contributed by atoms with Crippen LogP contribution in [0.3, 0.4) is 0 Å². The lowest BCUT2D eigenvalue weighted by atomic mass is 10.1. The number of ether oxygens (including phenoxy) is 1. The van der Waals surface area contributed by atoms with E-state index in [1.54, 1.807) is 24.3 Å². The minimum atomic E-state index is -3.52. The quantitative estimate of drug-likeness (QED) is 0.620. The third-order valence-electron chi connectivity index (χ3n) is 6.21. The Kier molecular flexibility index (Phi) is 7.97. The molecule has 0 aromatic heterocycles. The van der Waals surface area contributed by atoms with Gasteiger partial charge in [-0.3, -0.25) is 9.59 Å². The van der Waals surface area contributed by atoms with Crippen molar-refractivity contribution in [2.45, 2.75) is 43.5 Å². The fourth-order valence-corrected chi connectivity index (χ4v) is 5.63. The highest BCUT2D eigenvalue weighted by atomic mass is 32.2. The zero-order valence-corrected chi connectivity index (χ0v) is 20.1. The van der Waals surface area contributed by atoms with Crippen LogP contribution < -0.4 is 10.2 Å². The molecule has 2 heterocycles. The van der Waals surface area contributed by atoms with Crippen LogP contribution >= 0.6 is 0 Å². The molecule has 2 aliphatic rings. The second kappa shape index (κ2) is 11.1. The number of nitrogens with one attached hydrogen (secondary N) is 1. The number of nitrogens with zero attached hydrogens (tertiary/aromatic N) is 2. The van der Waals surface area contributed by atoms with Crippen molar-refractivity contribution in [2.75, 3.05) is 37.7 Å². The fourth-order valence-electron chi connectivity index (χ4n) is 4.22. The number of anilines is 1. The highest BCUT2D eigenvalue weighted by Gasteiger charge is 2.26. The maximum atomic E-state index is 12.7. The molecule has 9 heteroatoms. The molecular weight excluding hydrogens is 454 g/mol. The van der Waals surface area contributed by atoms with Gasteiger partial charge in [-0.1, -0.05) is 24.3 Å². The number of carbonyl (C=O) groups excluding carboxylic acids is 2. The predicted octanol–water partition coefficient (Wildman–Crippen LogP) is 2.47. The zero-order valence-electron chi connectivity index (χ0n) is 19.2. The minimum absolute atomic E-state index is 0.0792. The molecule has 2 aromatic carbocycles. The van der Waals surface area contributed by atoms with Crippen LogP contribution in [0, 0.1) is 0 Å². The molecule has 2 fully saturated rings. The summed E-state index contributed by atoms with van der Waals surface area (Å²) in [5.41, 5.74) is 2.73. The normalized spacial score (nSPS) is 17.5. The first-order chi connectivity index (χ1) is 16.4. The molecule has 0 aliphatic carbocycles. The van der Waals surface area contributed by atoms with Gasteiger partial charge in [0.1, 0.15) is 0 Å². The predicted molar refractivity (Wildman–Crippen MR) is 129 cm³/mol. The van der Waals surface area contributed by atoms with Gasteiger partial charge >= 0.3 is 0 Å². The smallest absolute Gasteiger partial charge is 0.243 e. The summed E-state index contributed by atoms with van der Waals surface area (Å²) in [5.74, 6) is 0.0701. The first kappa shape index (κ1) is 24.4. The number of hydrogen-bond donors (Lipinski definition) is 1. The molecule has 4 rings (SSSR count). The second-order valence-electron chi connectivity index (χ2n) is 8.61. The summed E-state index contributed by atoms with van der Waals surface area (Å²) in [6.45, 7) is 2.68. The number of carbonyl (C=O) groups is 2. The van der Waals surface area contributed by atoms with Crippen LogP contribution in [0.4, 0.5) is 5.69 Å². The van der Waals surface area contributed by atoms with Crippen molar-refractivity contribution in [1.29, 1.82) is 0 Å². The lowest BCUT2D eigenvalue weighted by Gasteiger charge is -2.27. The Morgan fingerprint density at radius 3 is 2.47 bits per heavy atom. The summed E-state index contributed by atoms with van der Waals surface area (Å²) in [7, 11) is -3.52. The van der Waals surface area contributed by atoms with E-state index in [9.17, 15) is 18.0 Å². The summed E-state index contributed by atoms with van der Waals surface area (Å²) in [6.07, 6.45) is 3.36. The molecule has 0 spiro atoms. The Morgan fingerprint density at radius 1 is 0.971 bits per heavy atom. The number of sulfonamides is 1. The molecule has 2 saturated heterocycles. The number of benzene rings is 2. The molecule has 2 aromatic rings. The average Bonchev–Trinajstić information content (AvgIpc) is 2.87. The van der Waals surface area contributed by atoms with E-state index in [4.69, 9.17) is 4.74 Å². The van der Waals surface area contributed by atoms with Crippen LogP contribution in [0.1, 0.15) is 36.8 Å². The topological polar surface area (TPSA) is 96.0 Å². The molecule has 0 radical (unpaired) electrons. The molecule has 0 unspecified atom stereocenters. The standard InChI is InChI=1S/C25H31N3O5S/c29-24(26-19-21-4-3-5-22(18-21)28-13-2-1-6-25(28)30)12-9-20-7-10-23(11-8-20)34(31,32)27-14-16-33-17-15-27/h3-5,7-8,10-11,18H,1-2,6,9,12-17,19H2,(H,26,29). The van der Waals surface area contributed by atoms with E-state index in [1.165, 1.54) is 4.31 Å². The van der Waals surface area contributed by atoms with E-state index in [0.29, 0.717) is 52.1 Å². The zero-order chi connectivity index (χ0) is 24.0. The summed E-state index contributed by atoms with van der Waals surface area (Å²) in [4.78, 5) is 26.6. The lowest BCUT2D eigenvalue weighted by Crippen LogP contribution is -2.40. The highest BCUT2D eigenvalue weighted by molar-refractivity contribution is 7.89. The Bertz CT molecular complexity index is 1110. The van der Waals surface area contributed by atoms with Gasteiger partial charge in [0, 0.05) is 44.7 Å². The van der Waals surface area contributed by atoms with Crippen molar-refractivity contribution in [3.05, 3.63) is 59.7 Å². The van der Waals surface area contributed by atoms with E-state index in [2.05, 4.69) is 5.32 Å². The van der Waals surface area contributed by atoms with Gasteiger partial charge in [-0.2, -0.15) is 4.31 Å². The van der Waals surface area contributed by atoms with Crippen molar-refractivity contribution in [1.82, 2.24) is 9.62 Å². The molecule has 8 nitrogen and oxygen atoms in total. The van der Waals surface area contributed by atoms with Gasteiger partial charge in [0.2, 0.25) is 21.8 Å². The first-order valence-electron chi connectivity index (χ1n) is 11.8. The van der Waals surface area contributed by atoms with E-state index in [1.807, 2.05) is 29.2 Å². The maximum Gasteiger partial charge on any atom is 0.243 e. The van der Waals surface area contributed by atoms with Crippen molar-refractivity contribution >= 4 is 27.5 Å². The van der Waals surface area contributed by atoms with Crippen LogP contribution in [0.25, 0.3) is 0 Å². The monoisotopic (exact) mass is 485 g/mol. The highest BCUT2D eigenvalue weighted by Crippen LogP contribution is 2.22. The first-order valence-corrected chi connectivity index (χ1v) is 13.2. The average molecular weight is 486 g/mol. The van der Waals surface area contributed by atoms with Gasteiger partial charge in [0.25, 0.3) is 0 Å². The van der Waals surface area contributed by atoms with Crippen LogP contribution in [0.15, 0.2) is 53.4 Å². The Labute approximate surface area is 200 Å². The van der Waals surface area contributed by atoms with Crippen LogP contribution in [0.5, 0.6) is 0 Å². The number of morpholine rings is 1. The van der Waals surface area contributed by atoms with Crippen molar-refractivity contribution in [3.8, 4) is 0 Å². The molecule has 1 N–H and O–H groups in total. The van der Waals surface area contributed by atoms with Gasteiger partial charge < -0.3 is 15.0 Å². The molecular formula is C25H31N3O5S. The maximum absolute atomic E-state index is 12.7. The number of aryl methyl sites for hydroxylation is 1. The third kappa shape index (κ3) is 6.02. The summed E-state index contributed by atoms with van der Waals surface area (Å²) in [6, 6.07) is 14.5. The molecule has 2 amide bonds. The number of hydrogen-bond acceptors (Lipinski definition) is 5. The van der Waals surface area contributed by atoms with Crippen LogP contribution in [-0.4, -0.2) is 57.4 Å². The van der Waals surface area contributed by atoms with Gasteiger partial charge in [0.15, 0.2) is 0 Å². The summed E-state index contributed by atoms with van der Waals surface area (Å²) in [5, 5.41) is 2.93. The second-order valence-corrected chi connectivity index (χ2v) is 10.5. The number of amides is 2. The van der Waals surface area contributed by atoms with Gasteiger partial charge in [-0.25, -0.2) is 8.42 Å². The van der Waals surface area contributed by atoms with E-state index in [0.717, 1.165) is 36.2 Å². The van der Waals surface area contributed by atoms with Crippen molar-refractivity contribution in [3.63, 3.8) is 0 Å². The molecule has 182 valence electrons. The third-order valence-corrected chi connectivity index (χ3v) is 8.12. The minimum Gasteiger partial charge on any atom is -0.379 e.